The van der Waals surface area contributed by atoms with Gasteiger partial charge in [0.15, 0.2) is 0 Å². The van der Waals surface area contributed by atoms with Gasteiger partial charge < -0.3 is 5.32 Å². The van der Waals surface area contributed by atoms with Gasteiger partial charge in [0.05, 0.1) is 0 Å². The average Bonchev–Trinajstić information content (AvgIpc) is 2.47. The van der Waals surface area contributed by atoms with E-state index in [2.05, 4.69) is 19.2 Å². The fourth-order valence-electron chi connectivity index (χ4n) is 2.95. The van der Waals surface area contributed by atoms with Crippen molar-refractivity contribution in [2.24, 2.45) is 10.8 Å². The highest BCUT2D eigenvalue weighted by Crippen LogP contribution is 2.46. The molecule has 2 aliphatic rings. The molecule has 0 aromatic carbocycles. The summed E-state index contributed by atoms with van der Waals surface area (Å²) < 4.78 is 0. The highest BCUT2D eigenvalue weighted by Gasteiger charge is 2.47. The lowest BCUT2D eigenvalue weighted by atomic mass is 9.62. The van der Waals surface area contributed by atoms with Gasteiger partial charge in [-0.2, -0.15) is 0 Å². The normalized spacial score (nSPS) is 38.5. The number of hydrogen-bond donors (Lipinski definition) is 1. The Morgan fingerprint density at radius 1 is 1.31 bits per heavy atom. The Labute approximate surface area is 80.1 Å². The van der Waals surface area contributed by atoms with Crippen molar-refractivity contribution in [2.75, 3.05) is 13.1 Å². The maximum atomic E-state index is 11.9. The summed E-state index contributed by atoms with van der Waals surface area (Å²) in [6.45, 7) is 6.54. The molecule has 2 fully saturated rings. The number of rotatable bonds is 0. The molecule has 1 spiro atoms. The van der Waals surface area contributed by atoms with Crippen molar-refractivity contribution in [1.29, 1.82) is 0 Å². The average molecular weight is 181 g/mol. The molecule has 0 radical (unpaired) electrons. The van der Waals surface area contributed by atoms with Crippen molar-refractivity contribution in [3.05, 3.63) is 0 Å². The topological polar surface area (TPSA) is 29.1 Å². The predicted molar refractivity (Wildman–Crippen MR) is 52.6 cm³/mol. The van der Waals surface area contributed by atoms with Crippen molar-refractivity contribution in [3.8, 4) is 0 Å². The van der Waals surface area contributed by atoms with Crippen LogP contribution < -0.4 is 5.32 Å². The molecule has 1 atom stereocenters. The summed E-state index contributed by atoms with van der Waals surface area (Å²) >= 11 is 0. The fraction of sp³-hybridized carbons (Fsp3) is 0.909. The van der Waals surface area contributed by atoms with Crippen LogP contribution in [-0.2, 0) is 4.79 Å². The Hall–Kier alpha value is -0.370. The smallest absolute Gasteiger partial charge is 0.140 e. The summed E-state index contributed by atoms with van der Waals surface area (Å²) in [7, 11) is 0. The molecule has 1 saturated carbocycles. The van der Waals surface area contributed by atoms with Gasteiger partial charge in [-0.15, -0.1) is 0 Å². The zero-order valence-corrected chi connectivity index (χ0v) is 8.65. The molecule has 13 heavy (non-hydrogen) atoms. The Balaban J connectivity index is 2.20. The third-order valence-corrected chi connectivity index (χ3v) is 3.68. The first kappa shape index (κ1) is 9.20. The van der Waals surface area contributed by atoms with Gasteiger partial charge in [0, 0.05) is 18.4 Å². The highest BCUT2D eigenvalue weighted by atomic mass is 16.1. The molecule has 0 aromatic rings. The van der Waals surface area contributed by atoms with E-state index in [4.69, 9.17) is 0 Å². The van der Waals surface area contributed by atoms with Gasteiger partial charge in [-0.25, -0.2) is 0 Å². The van der Waals surface area contributed by atoms with E-state index < -0.39 is 0 Å². The van der Waals surface area contributed by atoms with Gasteiger partial charge in [-0.3, -0.25) is 4.79 Å². The van der Waals surface area contributed by atoms with Crippen molar-refractivity contribution in [1.82, 2.24) is 5.32 Å². The molecule has 1 saturated heterocycles. The standard InChI is InChI=1S/C11H19NO/c1-10(2)4-3-9(13)11(7-10)5-6-12-8-11/h12H,3-8H2,1-2H3. The largest absolute Gasteiger partial charge is 0.316 e. The first-order valence-electron chi connectivity index (χ1n) is 5.28. The van der Waals surface area contributed by atoms with Crippen LogP contribution in [0, 0.1) is 10.8 Å². The quantitative estimate of drug-likeness (QED) is 0.617. The fourth-order valence-corrected chi connectivity index (χ4v) is 2.95. The lowest BCUT2D eigenvalue weighted by Crippen LogP contribution is -2.42. The van der Waals surface area contributed by atoms with Crippen LogP contribution in [0.1, 0.15) is 39.5 Å². The molecule has 1 aliphatic carbocycles. The Bertz CT molecular complexity index is 226. The van der Waals surface area contributed by atoms with Gasteiger partial charge in [-0.1, -0.05) is 13.8 Å². The molecule has 74 valence electrons. The van der Waals surface area contributed by atoms with Crippen molar-refractivity contribution in [3.63, 3.8) is 0 Å². The van der Waals surface area contributed by atoms with Crippen LogP contribution in [0.5, 0.6) is 0 Å². The van der Waals surface area contributed by atoms with Crippen LogP contribution in [-0.4, -0.2) is 18.9 Å². The second-order valence-corrected chi connectivity index (χ2v) is 5.47. The number of Topliss-reactive ketones (excluding diaryl/α,β-unsaturated/α-hetero) is 1. The minimum absolute atomic E-state index is 0.0156. The zero-order valence-electron chi connectivity index (χ0n) is 8.65. The second kappa shape index (κ2) is 2.81. The molecule has 2 heteroatoms. The van der Waals surface area contributed by atoms with Gasteiger partial charge in [0.25, 0.3) is 0 Å². The van der Waals surface area contributed by atoms with E-state index >= 15 is 0 Å². The highest BCUT2D eigenvalue weighted by molar-refractivity contribution is 5.86. The number of ketones is 1. The van der Waals surface area contributed by atoms with Crippen LogP contribution in [0.25, 0.3) is 0 Å². The number of hydrogen-bond acceptors (Lipinski definition) is 2. The molecular weight excluding hydrogens is 162 g/mol. The zero-order chi connectivity index (χ0) is 9.53. The van der Waals surface area contributed by atoms with E-state index in [1.165, 1.54) is 0 Å². The molecule has 1 aliphatic heterocycles. The number of carbonyl (C=O) groups is 1. The lowest BCUT2D eigenvalue weighted by Gasteiger charge is -2.41. The van der Waals surface area contributed by atoms with Crippen molar-refractivity contribution in [2.45, 2.75) is 39.5 Å². The van der Waals surface area contributed by atoms with E-state index in [9.17, 15) is 4.79 Å². The molecule has 1 heterocycles. The number of nitrogens with one attached hydrogen (secondary N) is 1. The van der Waals surface area contributed by atoms with Gasteiger partial charge in [-0.05, 0) is 31.2 Å². The maximum Gasteiger partial charge on any atom is 0.140 e. The minimum Gasteiger partial charge on any atom is -0.316 e. The second-order valence-electron chi connectivity index (χ2n) is 5.47. The van der Waals surface area contributed by atoms with E-state index in [-0.39, 0.29) is 5.41 Å². The van der Waals surface area contributed by atoms with Crippen LogP contribution >= 0.6 is 0 Å². The summed E-state index contributed by atoms with van der Waals surface area (Å²) in [5.41, 5.74) is 0.391. The summed E-state index contributed by atoms with van der Waals surface area (Å²) in [5, 5.41) is 3.33. The molecule has 1 N–H and O–H groups in total. The first-order valence-corrected chi connectivity index (χ1v) is 5.28. The van der Waals surface area contributed by atoms with Crippen LogP contribution in [0.3, 0.4) is 0 Å². The van der Waals surface area contributed by atoms with E-state index in [0.717, 1.165) is 38.8 Å². The molecule has 0 aromatic heterocycles. The summed E-state index contributed by atoms with van der Waals surface area (Å²) in [6, 6.07) is 0. The molecular formula is C11H19NO. The van der Waals surface area contributed by atoms with E-state index in [1.807, 2.05) is 0 Å². The third kappa shape index (κ3) is 1.52. The lowest BCUT2D eigenvalue weighted by molar-refractivity contribution is -0.133. The van der Waals surface area contributed by atoms with Crippen LogP contribution in [0.15, 0.2) is 0 Å². The molecule has 2 rings (SSSR count). The third-order valence-electron chi connectivity index (χ3n) is 3.68. The Morgan fingerprint density at radius 2 is 2.08 bits per heavy atom. The Morgan fingerprint density at radius 3 is 2.69 bits per heavy atom. The first-order chi connectivity index (χ1) is 6.04. The van der Waals surface area contributed by atoms with Gasteiger partial charge in [0.2, 0.25) is 0 Å². The number of carbonyl (C=O) groups excluding carboxylic acids is 1. The minimum atomic E-state index is 0.0156. The van der Waals surface area contributed by atoms with Gasteiger partial charge >= 0.3 is 0 Å². The maximum absolute atomic E-state index is 11.9. The van der Waals surface area contributed by atoms with E-state index in [1.54, 1.807) is 0 Å². The van der Waals surface area contributed by atoms with Crippen LogP contribution in [0.4, 0.5) is 0 Å². The SMILES string of the molecule is CC1(C)CCC(=O)C2(CCNC2)C1. The van der Waals surface area contributed by atoms with Gasteiger partial charge in [0.1, 0.15) is 5.78 Å². The summed E-state index contributed by atoms with van der Waals surface area (Å²) in [6.07, 6.45) is 4.03. The molecule has 0 amide bonds. The van der Waals surface area contributed by atoms with E-state index in [0.29, 0.717) is 11.2 Å². The molecule has 1 unspecified atom stereocenters. The summed E-state index contributed by atoms with van der Waals surface area (Å²) in [5.74, 6) is 0.511. The Kier molecular flexibility index (Phi) is 1.99. The van der Waals surface area contributed by atoms with Crippen LogP contribution in [0.2, 0.25) is 0 Å². The monoisotopic (exact) mass is 181 g/mol. The summed E-state index contributed by atoms with van der Waals surface area (Å²) in [4.78, 5) is 11.9. The molecule has 2 nitrogen and oxygen atoms in total. The predicted octanol–water partition coefficient (Wildman–Crippen LogP) is 1.75. The van der Waals surface area contributed by atoms with Crippen molar-refractivity contribution < 1.29 is 4.79 Å². The molecule has 0 bridgehead atoms. The van der Waals surface area contributed by atoms with Crippen molar-refractivity contribution >= 4 is 5.78 Å².